The lowest BCUT2D eigenvalue weighted by Gasteiger charge is -2.41. The minimum atomic E-state index is -5.54. The van der Waals surface area contributed by atoms with Crippen molar-refractivity contribution in [1.82, 2.24) is 0 Å². The van der Waals surface area contributed by atoms with Crippen molar-refractivity contribution in [3.05, 3.63) is 58.7 Å². The molecule has 0 aliphatic heterocycles. The van der Waals surface area contributed by atoms with Gasteiger partial charge in [0.1, 0.15) is 0 Å². The molecule has 146 valence electrons. The number of hydrogen-bond acceptors (Lipinski definition) is 0. The zero-order valence-electron chi connectivity index (χ0n) is 15.5. The van der Waals surface area contributed by atoms with Gasteiger partial charge < -0.3 is 0 Å². The normalized spacial score (nSPS) is 14.9. The van der Waals surface area contributed by atoms with Gasteiger partial charge in [-0.15, -0.1) is 0 Å². The summed E-state index contributed by atoms with van der Waals surface area (Å²) in [5.41, 5.74) is -4.29. The Morgan fingerprint density at radius 2 is 1.38 bits per heavy atom. The molecular weight excluding hydrogens is 354 g/mol. The second-order valence-electron chi connectivity index (χ2n) is 6.75. The second-order valence-corrected chi connectivity index (χ2v) is 6.75. The number of alkyl halides is 6. The van der Waals surface area contributed by atoms with Gasteiger partial charge >= 0.3 is 12.4 Å². The number of benzene rings is 1. The van der Waals surface area contributed by atoms with Crippen LogP contribution in [0.2, 0.25) is 0 Å². The van der Waals surface area contributed by atoms with E-state index in [1.165, 1.54) is 32.1 Å². The van der Waals surface area contributed by atoms with Crippen LogP contribution >= 0.6 is 0 Å². The van der Waals surface area contributed by atoms with Crippen LogP contribution in [0, 0.1) is 12.8 Å². The fourth-order valence-electron chi connectivity index (χ4n) is 2.89. The summed E-state index contributed by atoms with van der Waals surface area (Å²) < 4.78 is 84.6. The van der Waals surface area contributed by atoms with Crippen LogP contribution in [-0.2, 0) is 5.41 Å². The summed E-state index contributed by atoms with van der Waals surface area (Å²) in [5, 5.41) is 0. The maximum Gasteiger partial charge on any atom is 0.410 e. The van der Waals surface area contributed by atoms with E-state index in [9.17, 15) is 26.3 Å². The van der Waals surface area contributed by atoms with Crippen LogP contribution in [0.5, 0.6) is 0 Å². The van der Waals surface area contributed by atoms with Gasteiger partial charge in [0.25, 0.3) is 0 Å². The highest BCUT2D eigenvalue weighted by atomic mass is 19.4. The SMILES string of the molecule is CC/C(C)=C\C=C(/C(C)C)C(c1ccc(C)cc1)(C(F)(F)F)C(F)(F)F. The van der Waals surface area contributed by atoms with Crippen LogP contribution in [0.1, 0.15) is 45.2 Å². The lowest BCUT2D eigenvalue weighted by Crippen LogP contribution is -2.56. The molecule has 1 aromatic rings. The van der Waals surface area contributed by atoms with Crippen LogP contribution in [0.15, 0.2) is 47.6 Å². The number of allylic oxidation sites excluding steroid dienone is 4. The Kier molecular flexibility index (Phi) is 6.77. The summed E-state index contributed by atoms with van der Waals surface area (Å²) in [7, 11) is 0. The molecule has 0 N–H and O–H groups in total. The van der Waals surface area contributed by atoms with Crippen molar-refractivity contribution in [2.45, 2.75) is 58.8 Å². The number of aryl methyl sites for hydroxylation is 1. The van der Waals surface area contributed by atoms with E-state index in [2.05, 4.69) is 0 Å². The molecule has 0 heterocycles. The zero-order valence-corrected chi connectivity index (χ0v) is 15.5. The van der Waals surface area contributed by atoms with Crippen LogP contribution < -0.4 is 0 Å². The first-order valence-corrected chi connectivity index (χ1v) is 8.37. The van der Waals surface area contributed by atoms with E-state index in [0.29, 0.717) is 17.6 Å². The fourth-order valence-corrected chi connectivity index (χ4v) is 2.89. The third kappa shape index (κ3) is 4.15. The first kappa shape index (κ1) is 22.3. The van der Waals surface area contributed by atoms with Crippen molar-refractivity contribution in [3.63, 3.8) is 0 Å². The van der Waals surface area contributed by atoms with E-state index < -0.39 is 34.8 Å². The summed E-state index contributed by atoms with van der Waals surface area (Å²) in [6, 6.07) is 4.38. The molecule has 0 bridgehead atoms. The average molecular weight is 378 g/mol. The van der Waals surface area contributed by atoms with Crippen molar-refractivity contribution in [2.75, 3.05) is 0 Å². The first-order valence-electron chi connectivity index (χ1n) is 8.37. The molecular formula is C20H24F6. The van der Waals surface area contributed by atoms with Gasteiger partial charge in [0, 0.05) is 0 Å². The van der Waals surface area contributed by atoms with Crippen LogP contribution in [0.3, 0.4) is 0 Å². The van der Waals surface area contributed by atoms with Gasteiger partial charge in [-0.05, 0) is 37.3 Å². The van der Waals surface area contributed by atoms with Gasteiger partial charge in [-0.25, -0.2) is 0 Å². The molecule has 1 rings (SSSR count). The van der Waals surface area contributed by atoms with Crippen LogP contribution in [0.4, 0.5) is 26.3 Å². The highest BCUT2D eigenvalue weighted by Gasteiger charge is 2.73. The highest BCUT2D eigenvalue weighted by Crippen LogP contribution is 2.58. The van der Waals surface area contributed by atoms with Crippen LogP contribution in [-0.4, -0.2) is 12.4 Å². The Morgan fingerprint density at radius 1 is 0.923 bits per heavy atom. The summed E-state index contributed by atoms with van der Waals surface area (Å²) in [4.78, 5) is 0. The molecule has 0 aliphatic rings. The Hall–Kier alpha value is -1.72. The predicted molar refractivity (Wildman–Crippen MR) is 91.9 cm³/mol. The summed E-state index contributed by atoms with van der Waals surface area (Å²) in [6.07, 6.45) is -8.20. The molecule has 0 atom stereocenters. The van der Waals surface area contributed by atoms with Gasteiger partial charge in [-0.3, -0.25) is 0 Å². The van der Waals surface area contributed by atoms with E-state index in [-0.39, 0.29) is 0 Å². The van der Waals surface area contributed by atoms with E-state index >= 15 is 0 Å². The van der Waals surface area contributed by atoms with Gasteiger partial charge in [0.15, 0.2) is 0 Å². The van der Waals surface area contributed by atoms with Gasteiger partial charge in [-0.2, -0.15) is 26.3 Å². The maximum atomic E-state index is 14.1. The summed E-state index contributed by atoms with van der Waals surface area (Å²) in [6.45, 7) is 7.76. The van der Waals surface area contributed by atoms with Crippen LogP contribution in [0.25, 0.3) is 0 Å². The molecule has 0 unspecified atom stereocenters. The summed E-state index contributed by atoms with van der Waals surface area (Å²) >= 11 is 0. The predicted octanol–water partition coefficient (Wildman–Crippen LogP) is 7.30. The Bertz CT molecular complexity index is 643. The Labute approximate surface area is 150 Å². The smallest absolute Gasteiger partial charge is 0.169 e. The van der Waals surface area contributed by atoms with Crippen molar-refractivity contribution in [3.8, 4) is 0 Å². The molecule has 0 spiro atoms. The lowest BCUT2D eigenvalue weighted by molar-refractivity contribution is -0.291. The minimum Gasteiger partial charge on any atom is -0.169 e. The third-order valence-corrected chi connectivity index (χ3v) is 4.50. The van der Waals surface area contributed by atoms with Crippen molar-refractivity contribution < 1.29 is 26.3 Å². The fraction of sp³-hybridized carbons (Fsp3) is 0.500. The Morgan fingerprint density at radius 3 is 1.73 bits per heavy atom. The molecule has 0 nitrogen and oxygen atoms in total. The lowest BCUT2D eigenvalue weighted by atomic mass is 9.68. The molecule has 6 heteroatoms. The molecule has 1 aromatic carbocycles. The van der Waals surface area contributed by atoms with E-state index in [1.54, 1.807) is 20.8 Å². The third-order valence-electron chi connectivity index (χ3n) is 4.50. The monoisotopic (exact) mass is 378 g/mol. The highest BCUT2D eigenvalue weighted by molar-refractivity contribution is 5.44. The van der Waals surface area contributed by atoms with Crippen molar-refractivity contribution >= 4 is 0 Å². The number of rotatable bonds is 5. The molecule has 0 fully saturated rings. The largest absolute Gasteiger partial charge is 0.410 e. The maximum absolute atomic E-state index is 14.1. The quantitative estimate of drug-likeness (QED) is 0.373. The summed E-state index contributed by atoms with van der Waals surface area (Å²) in [5.74, 6) is -0.958. The van der Waals surface area contributed by atoms with E-state index in [4.69, 9.17) is 0 Å². The molecule has 0 aliphatic carbocycles. The minimum absolute atomic E-state index is 0.539. The standard InChI is InChI=1S/C20H24F6/c1-6-14(4)9-12-17(13(2)3)18(19(21,22)23,20(24,25)26)16-10-7-15(5)8-11-16/h7-13H,6H2,1-5H3/b14-9-,17-12+. The first-order chi connectivity index (χ1) is 11.8. The van der Waals surface area contributed by atoms with Crippen molar-refractivity contribution in [2.24, 2.45) is 5.92 Å². The van der Waals surface area contributed by atoms with Gasteiger partial charge in [0.05, 0.1) is 0 Å². The molecule has 0 saturated heterocycles. The van der Waals surface area contributed by atoms with E-state index in [1.807, 2.05) is 0 Å². The average Bonchev–Trinajstić information content (AvgIpc) is 2.49. The zero-order chi connectivity index (χ0) is 20.3. The van der Waals surface area contributed by atoms with E-state index in [0.717, 1.165) is 18.2 Å². The van der Waals surface area contributed by atoms with Gasteiger partial charge in [-0.1, -0.05) is 68.3 Å². The molecule has 0 saturated carbocycles. The molecule has 0 amide bonds. The van der Waals surface area contributed by atoms with Crippen molar-refractivity contribution in [1.29, 1.82) is 0 Å². The molecule has 0 radical (unpaired) electrons. The van der Waals surface area contributed by atoms with Gasteiger partial charge in [0.2, 0.25) is 5.41 Å². The Balaban J connectivity index is 3.96. The topological polar surface area (TPSA) is 0 Å². The number of halogens is 6. The molecule has 26 heavy (non-hydrogen) atoms. The molecule has 0 aromatic heterocycles. The second kappa shape index (κ2) is 7.89. The number of hydrogen-bond donors (Lipinski definition) is 0.